The maximum Gasteiger partial charge on any atom is 0.287 e. The summed E-state index contributed by atoms with van der Waals surface area (Å²) in [5.41, 5.74) is 7.19. The van der Waals surface area contributed by atoms with Gasteiger partial charge in [0, 0.05) is 11.1 Å². The number of nitrogen functional groups attached to an aromatic ring is 1. The molecule has 3 aromatic rings. The van der Waals surface area contributed by atoms with E-state index in [0.717, 1.165) is 9.87 Å². The summed E-state index contributed by atoms with van der Waals surface area (Å²) in [7, 11) is 0. The molecule has 0 saturated carbocycles. The van der Waals surface area contributed by atoms with E-state index in [9.17, 15) is 9.35 Å². The number of rotatable bonds is 4. The quantitative estimate of drug-likeness (QED) is 0.532. The minimum Gasteiger partial charge on any atom is -0.568 e. The highest BCUT2D eigenvalue weighted by atomic mass is 32.2. The maximum atomic E-state index is 15.3. The van der Waals surface area contributed by atoms with E-state index in [4.69, 9.17) is 10.5 Å². The summed E-state index contributed by atoms with van der Waals surface area (Å²) in [5, 5.41) is 0.867. The molecule has 0 aromatic heterocycles. The van der Waals surface area contributed by atoms with Gasteiger partial charge in [0.25, 0.3) is 5.91 Å². The average molecular weight is 385 g/mol. The molecule has 1 unspecified atom stereocenters. The summed E-state index contributed by atoms with van der Waals surface area (Å²) in [5.74, 6) is -0.862. The number of nitrogens with zero attached hydrogens (tertiary/aromatic N) is 1. The summed E-state index contributed by atoms with van der Waals surface area (Å²) in [6, 6.07) is 15.8. The molecule has 1 aliphatic heterocycles. The van der Waals surface area contributed by atoms with Crippen LogP contribution < -0.4 is 19.5 Å². The lowest BCUT2D eigenvalue weighted by Gasteiger charge is -2.21. The van der Waals surface area contributed by atoms with Crippen LogP contribution in [0.3, 0.4) is 0 Å². The second-order valence-electron chi connectivity index (χ2n) is 6.10. The van der Waals surface area contributed by atoms with Gasteiger partial charge in [0.2, 0.25) is 0 Å². The number of amides is 1. The zero-order chi connectivity index (χ0) is 19.0. The topological polar surface area (TPSA) is 90.7 Å². The first-order valence-electron chi connectivity index (χ1n) is 8.20. The third-order valence-corrected chi connectivity index (χ3v) is 5.33. The smallest absolute Gasteiger partial charge is 0.287 e. The molecule has 4 rings (SSSR count). The van der Waals surface area contributed by atoms with Gasteiger partial charge in [-0.2, -0.15) is 4.31 Å². The minimum atomic E-state index is -1.87. The molecule has 3 N–H and O–H groups in total. The van der Waals surface area contributed by atoms with Crippen LogP contribution in [0.25, 0.3) is 10.8 Å². The molecule has 1 saturated heterocycles. The maximum absolute atomic E-state index is 15.3. The van der Waals surface area contributed by atoms with E-state index in [2.05, 4.69) is 4.72 Å². The predicted octanol–water partition coefficient (Wildman–Crippen LogP) is 2.66. The van der Waals surface area contributed by atoms with Gasteiger partial charge in [-0.25, -0.2) is 4.39 Å². The number of nitrogens with two attached hydrogens (primary N) is 1. The molecule has 1 fully saturated rings. The third kappa shape index (κ3) is 3.36. The number of ether oxygens (including phenoxy) is 1. The van der Waals surface area contributed by atoms with Gasteiger partial charge in [0.1, 0.15) is 6.61 Å². The lowest BCUT2D eigenvalue weighted by molar-refractivity contribution is -0.117. The summed E-state index contributed by atoms with van der Waals surface area (Å²) >= 11 is -1.87. The van der Waals surface area contributed by atoms with Crippen LogP contribution in [-0.2, 0) is 22.9 Å². The van der Waals surface area contributed by atoms with Crippen LogP contribution in [0.2, 0.25) is 0 Å². The van der Waals surface area contributed by atoms with Crippen molar-refractivity contribution in [3.63, 3.8) is 0 Å². The largest absolute Gasteiger partial charge is 0.568 e. The molecule has 8 heteroatoms. The summed E-state index contributed by atoms with van der Waals surface area (Å²) in [6.07, 6.45) is 0. The van der Waals surface area contributed by atoms with Crippen molar-refractivity contribution in [3.05, 3.63) is 66.0 Å². The number of benzene rings is 3. The van der Waals surface area contributed by atoms with E-state index in [0.29, 0.717) is 16.5 Å². The van der Waals surface area contributed by atoms with E-state index >= 15 is 4.39 Å². The number of carbonyl (C=O) groups is 1. The average Bonchev–Trinajstić information content (AvgIpc) is 2.98. The molecule has 1 heterocycles. The Morgan fingerprint density at radius 2 is 2.00 bits per heavy atom. The molecule has 6 nitrogen and oxygen atoms in total. The minimum absolute atomic E-state index is 0.0140. The van der Waals surface area contributed by atoms with Crippen LogP contribution in [0.15, 0.2) is 54.6 Å². The number of hydrogen-bond acceptors (Lipinski definition) is 5. The summed E-state index contributed by atoms with van der Waals surface area (Å²) in [6.45, 7) is -0.0192. The number of anilines is 2. The van der Waals surface area contributed by atoms with Crippen LogP contribution in [0, 0.1) is 5.82 Å². The van der Waals surface area contributed by atoms with Gasteiger partial charge in [-0.3, -0.25) is 4.79 Å². The molecule has 0 spiro atoms. The van der Waals surface area contributed by atoms with Crippen molar-refractivity contribution >= 4 is 39.6 Å². The van der Waals surface area contributed by atoms with Crippen LogP contribution in [0.1, 0.15) is 5.56 Å². The Labute approximate surface area is 158 Å². The molecular formula is C19H16FN3O3S. The molecule has 0 bridgehead atoms. The van der Waals surface area contributed by atoms with Gasteiger partial charge in [-0.05, 0) is 35.2 Å². The number of halogens is 1. The van der Waals surface area contributed by atoms with Crippen molar-refractivity contribution in [1.82, 2.24) is 4.72 Å². The number of fused-ring (bicyclic) bond motifs is 1. The van der Waals surface area contributed by atoms with Gasteiger partial charge in [-0.15, -0.1) is 4.72 Å². The third-order valence-electron chi connectivity index (χ3n) is 4.22. The molecule has 3 aromatic carbocycles. The zero-order valence-electron chi connectivity index (χ0n) is 14.1. The van der Waals surface area contributed by atoms with E-state index in [1.165, 1.54) is 0 Å². The van der Waals surface area contributed by atoms with E-state index in [-0.39, 0.29) is 24.6 Å². The Kier molecular flexibility index (Phi) is 4.51. The number of carbonyl (C=O) groups excluding carboxylic acids is 1. The molecule has 1 atom stereocenters. The Morgan fingerprint density at radius 3 is 2.70 bits per heavy atom. The highest BCUT2D eigenvalue weighted by Crippen LogP contribution is 2.40. The molecular weight excluding hydrogens is 369 g/mol. The van der Waals surface area contributed by atoms with Crippen molar-refractivity contribution in [3.8, 4) is 5.75 Å². The van der Waals surface area contributed by atoms with Gasteiger partial charge in [0.05, 0.1) is 0 Å². The van der Waals surface area contributed by atoms with Crippen LogP contribution in [0.4, 0.5) is 15.8 Å². The van der Waals surface area contributed by atoms with Gasteiger partial charge < -0.3 is 15.0 Å². The van der Waals surface area contributed by atoms with Crippen molar-refractivity contribution in [1.29, 1.82) is 0 Å². The summed E-state index contributed by atoms with van der Waals surface area (Å²) < 4.78 is 36.8. The molecule has 138 valence electrons. The second-order valence-corrected chi connectivity index (χ2v) is 7.25. The van der Waals surface area contributed by atoms with Crippen molar-refractivity contribution in [2.24, 2.45) is 0 Å². The highest BCUT2D eigenvalue weighted by Gasteiger charge is 2.38. The Balaban J connectivity index is 1.81. The van der Waals surface area contributed by atoms with Crippen LogP contribution in [-0.4, -0.2) is 17.0 Å². The molecule has 1 amide bonds. The zero-order valence-corrected chi connectivity index (χ0v) is 15.0. The first-order chi connectivity index (χ1) is 13.0. The Morgan fingerprint density at radius 1 is 1.22 bits per heavy atom. The SMILES string of the molecule is Nc1ccc2c(F)c(N3CC(=O)N[S+]3[O-])c(OCc3ccccc3)cc2c1. The number of hydrogen-bond donors (Lipinski definition) is 2. The standard InChI is InChI=1S/C19H16FN3O3S/c20-18-15-7-6-14(21)8-13(15)9-16(26-11-12-4-2-1-3-5-12)19(18)23-10-17(24)22-27(23)25/h1-9H,10-11,21H2,(H,22,24). The lowest BCUT2D eigenvalue weighted by Crippen LogP contribution is -2.30. The lowest BCUT2D eigenvalue weighted by atomic mass is 10.1. The fraction of sp³-hybridized carbons (Fsp3) is 0.105. The van der Waals surface area contributed by atoms with Crippen LogP contribution >= 0.6 is 0 Å². The second kappa shape index (κ2) is 6.98. The van der Waals surface area contributed by atoms with Crippen molar-refractivity contribution in [2.75, 3.05) is 16.6 Å². The van der Waals surface area contributed by atoms with E-state index < -0.39 is 23.3 Å². The molecule has 0 aliphatic carbocycles. The van der Waals surface area contributed by atoms with Gasteiger partial charge >= 0.3 is 0 Å². The van der Waals surface area contributed by atoms with Crippen molar-refractivity contribution < 1.29 is 18.5 Å². The normalized spacial score (nSPS) is 16.6. The molecule has 1 aliphatic rings. The fourth-order valence-corrected chi connectivity index (χ4v) is 3.90. The first-order valence-corrected chi connectivity index (χ1v) is 9.31. The summed E-state index contributed by atoms with van der Waals surface area (Å²) in [4.78, 5) is 11.6. The molecule has 0 radical (unpaired) electrons. The predicted molar refractivity (Wildman–Crippen MR) is 103 cm³/mol. The van der Waals surface area contributed by atoms with E-state index in [1.807, 2.05) is 30.3 Å². The Bertz CT molecular complexity index is 1020. The Hall–Kier alpha value is -2.97. The fourth-order valence-electron chi connectivity index (χ4n) is 2.96. The van der Waals surface area contributed by atoms with E-state index in [1.54, 1.807) is 24.3 Å². The monoisotopic (exact) mass is 385 g/mol. The molecule has 27 heavy (non-hydrogen) atoms. The van der Waals surface area contributed by atoms with Crippen LogP contribution in [0.5, 0.6) is 5.75 Å². The van der Waals surface area contributed by atoms with Gasteiger partial charge in [0.15, 0.2) is 35.3 Å². The first kappa shape index (κ1) is 17.4. The van der Waals surface area contributed by atoms with Gasteiger partial charge in [-0.1, -0.05) is 30.3 Å². The number of nitrogens with one attached hydrogen (secondary N) is 1. The van der Waals surface area contributed by atoms with Crippen molar-refractivity contribution in [2.45, 2.75) is 6.61 Å². The highest BCUT2D eigenvalue weighted by molar-refractivity contribution is 7.92.